The maximum Gasteiger partial charge on any atom is 0.291 e. The number of carbonyl (C=O) groups excluding carboxylic acids is 1. The largest absolute Gasteiger partial charge is 0.492 e. The molecule has 1 saturated heterocycles. The van der Waals surface area contributed by atoms with Crippen molar-refractivity contribution >= 4 is 21.6 Å². The Hall–Kier alpha value is -2.32. The van der Waals surface area contributed by atoms with Gasteiger partial charge in [-0.1, -0.05) is 13.3 Å². The van der Waals surface area contributed by atoms with Gasteiger partial charge in [0, 0.05) is 25.2 Å². The molecule has 7 nitrogen and oxygen atoms in total. The molecule has 1 amide bonds. The molecule has 0 radical (unpaired) electrons. The highest BCUT2D eigenvalue weighted by Crippen LogP contribution is 2.31. The van der Waals surface area contributed by atoms with Crippen LogP contribution >= 0.6 is 0 Å². The predicted octanol–water partition coefficient (Wildman–Crippen LogP) is 3.67. The van der Waals surface area contributed by atoms with E-state index in [4.69, 9.17) is 9.15 Å². The standard InChI is InChI=1S/C20H26N2O5S/c1-3-16-9-11-18(27-16)20(23)21-15-8-10-17(26-4-2)19(14-15)28(24,25)22-12-6-5-7-13-22/h8-11,14H,3-7,12-13H2,1-2H3,(H,21,23). The minimum atomic E-state index is -3.70. The highest BCUT2D eigenvalue weighted by Gasteiger charge is 2.29. The number of nitrogens with zero attached hydrogens (tertiary/aromatic N) is 1. The molecule has 8 heteroatoms. The molecule has 0 spiro atoms. The Morgan fingerprint density at radius 2 is 1.89 bits per heavy atom. The molecule has 1 aliphatic heterocycles. The quantitative estimate of drug-likeness (QED) is 0.758. The number of rotatable bonds is 7. The van der Waals surface area contributed by atoms with Crippen molar-refractivity contribution in [3.8, 4) is 5.75 Å². The first kappa shape index (κ1) is 20.4. The Morgan fingerprint density at radius 3 is 2.54 bits per heavy atom. The first-order chi connectivity index (χ1) is 13.5. The summed E-state index contributed by atoms with van der Waals surface area (Å²) in [6.07, 6.45) is 3.41. The van der Waals surface area contributed by atoms with Crippen molar-refractivity contribution in [3.63, 3.8) is 0 Å². The van der Waals surface area contributed by atoms with E-state index in [0.717, 1.165) is 19.3 Å². The van der Waals surface area contributed by atoms with Gasteiger partial charge in [0.1, 0.15) is 16.4 Å². The van der Waals surface area contributed by atoms with Gasteiger partial charge >= 0.3 is 0 Å². The Bertz CT molecular complexity index is 930. The number of hydrogen-bond acceptors (Lipinski definition) is 5. The Labute approximate surface area is 165 Å². The number of amides is 1. The van der Waals surface area contributed by atoms with Crippen LogP contribution in [0.2, 0.25) is 0 Å². The molecule has 0 unspecified atom stereocenters. The van der Waals surface area contributed by atoms with Gasteiger partial charge in [-0.3, -0.25) is 4.79 Å². The van der Waals surface area contributed by atoms with Crippen molar-refractivity contribution in [3.05, 3.63) is 41.9 Å². The monoisotopic (exact) mass is 406 g/mol. The lowest BCUT2D eigenvalue weighted by Gasteiger charge is -2.27. The number of aryl methyl sites for hydroxylation is 1. The van der Waals surface area contributed by atoms with Crippen LogP contribution in [0.25, 0.3) is 0 Å². The molecular weight excluding hydrogens is 380 g/mol. The van der Waals surface area contributed by atoms with E-state index >= 15 is 0 Å². The van der Waals surface area contributed by atoms with Crippen LogP contribution in [-0.2, 0) is 16.4 Å². The Balaban J connectivity index is 1.89. The Morgan fingerprint density at radius 1 is 1.14 bits per heavy atom. The van der Waals surface area contributed by atoms with Gasteiger partial charge in [0.05, 0.1) is 6.61 Å². The van der Waals surface area contributed by atoms with Crippen LogP contribution in [0.15, 0.2) is 39.6 Å². The predicted molar refractivity (Wildman–Crippen MR) is 106 cm³/mol. The number of carbonyl (C=O) groups is 1. The van der Waals surface area contributed by atoms with E-state index in [2.05, 4.69) is 5.32 Å². The fraction of sp³-hybridized carbons (Fsp3) is 0.450. The van der Waals surface area contributed by atoms with Gasteiger partial charge in [-0.2, -0.15) is 4.31 Å². The number of sulfonamides is 1. The van der Waals surface area contributed by atoms with E-state index in [1.807, 2.05) is 6.92 Å². The summed E-state index contributed by atoms with van der Waals surface area (Å²) in [6.45, 7) is 5.08. The van der Waals surface area contributed by atoms with Gasteiger partial charge in [0.25, 0.3) is 5.91 Å². The molecule has 152 valence electrons. The summed E-state index contributed by atoms with van der Waals surface area (Å²) in [6, 6.07) is 8.02. The second-order valence-electron chi connectivity index (χ2n) is 6.63. The van der Waals surface area contributed by atoms with E-state index in [0.29, 0.717) is 37.6 Å². The van der Waals surface area contributed by atoms with Crippen molar-refractivity contribution in [2.45, 2.75) is 44.4 Å². The van der Waals surface area contributed by atoms with E-state index in [1.54, 1.807) is 31.2 Å². The highest BCUT2D eigenvalue weighted by atomic mass is 32.2. The molecule has 1 aliphatic rings. The molecule has 0 saturated carbocycles. The van der Waals surface area contributed by atoms with Crippen LogP contribution in [0.4, 0.5) is 5.69 Å². The highest BCUT2D eigenvalue weighted by molar-refractivity contribution is 7.89. The van der Waals surface area contributed by atoms with Gasteiger partial charge in [0.2, 0.25) is 10.0 Å². The van der Waals surface area contributed by atoms with Gasteiger partial charge in [0.15, 0.2) is 5.76 Å². The fourth-order valence-electron chi connectivity index (χ4n) is 3.19. The summed E-state index contributed by atoms with van der Waals surface area (Å²) in [4.78, 5) is 12.5. The molecule has 1 fully saturated rings. The minimum absolute atomic E-state index is 0.0720. The first-order valence-corrected chi connectivity index (χ1v) is 11.1. The van der Waals surface area contributed by atoms with Gasteiger partial charge < -0.3 is 14.5 Å². The lowest BCUT2D eigenvalue weighted by molar-refractivity contribution is 0.0995. The molecule has 0 aliphatic carbocycles. The maximum absolute atomic E-state index is 13.1. The molecule has 1 aromatic carbocycles. The molecule has 1 N–H and O–H groups in total. The minimum Gasteiger partial charge on any atom is -0.492 e. The van der Waals surface area contributed by atoms with Crippen LogP contribution < -0.4 is 10.1 Å². The molecule has 0 bridgehead atoms. The molecule has 2 heterocycles. The normalized spacial score (nSPS) is 15.4. The second-order valence-corrected chi connectivity index (χ2v) is 8.54. The SMILES string of the molecule is CCOc1ccc(NC(=O)c2ccc(CC)o2)cc1S(=O)(=O)N1CCCCC1. The summed E-state index contributed by atoms with van der Waals surface area (Å²) < 4.78 is 38.8. The average molecular weight is 407 g/mol. The molecule has 28 heavy (non-hydrogen) atoms. The van der Waals surface area contributed by atoms with Crippen molar-refractivity contribution in [1.82, 2.24) is 4.31 Å². The van der Waals surface area contributed by atoms with Gasteiger partial charge in [-0.15, -0.1) is 0 Å². The second kappa shape index (κ2) is 8.79. The number of nitrogens with one attached hydrogen (secondary N) is 1. The average Bonchev–Trinajstić information content (AvgIpc) is 3.19. The van der Waals surface area contributed by atoms with Crippen LogP contribution in [-0.4, -0.2) is 38.3 Å². The van der Waals surface area contributed by atoms with Gasteiger partial charge in [-0.05, 0) is 50.1 Å². The third kappa shape index (κ3) is 4.39. The number of furan rings is 1. The fourth-order valence-corrected chi connectivity index (χ4v) is 4.86. The summed E-state index contributed by atoms with van der Waals surface area (Å²) in [7, 11) is -3.70. The lowest BCUT2D eigenvalue weighted by atomic mass is 10.2. The smallest absolute Gasteiger partial charge is 0.291 e. The van der Waals surface area contributed by atoms with E-state index in [-0.39, 0.29) is 16.4 Å². The molecule has 3 rings (SSSR count). The zero-order chi connectivity index (χ0) is 20.1. The van der Waals surface area contributed by atoms with E-state index < -0.39 is 15.9 Å². The third-order valence-electron chi connectivity index (χ3n) is 4.67. The van der Waals surface area contributed by atoms with Crippen LogP contribution in [0.1, 0.15) is 49.4 Å². The maximum atomic E-state index is 13.1. The molecule has 0 atom stereocenters. The molecular formula is C20H26N2O5S. The van der Waals surface area contributed by atoms with Crippen LogP contribution in [0.3, 0.4) is 0 Å². The van der Waals surface area contributed by atoms with Gasteiger partial charge in [-0.25, -0.2) is 8.42 Å². The number of anilines is 1. The van der Waals surface area contributed by atoms with Crippen LogP contribution in [0, 0.1) is 0 Å². The van der Waals surface area contributed by atoms with Crippen molar-refractivity contribution < 1.29 is 22.4 Å². The summed E-state index contributed by atoms with van der Waals surface area (Å²) in [5.41, 5.74) is 0.374. The topological polar surface area (TPSA) is 88.8 Å². The first-order valence-electron chi connectivity index (χ1n) is 9.62. The molecule has 2 aromatic rings. The number of ether oxygens (including phenoxy) is 1. The summed E-state index contributed by atoms with van der Waals surface area (Å²) in [5, 5.41) is 2.71. The summed E-state index contributed by atoms with van der Waals surface area (Å²) in [5.74, 6) is 0.763. The zero-order valence-corrected chi connectivity index (χ0v) is 17.0. The Kier molecular flexibility index (Phi) is 6.41. The van der Waals surface area contributed by atoms with Crippen molar-refractivity contribution in [2.75, 3.05) is 25.0 Å². The van der Waals surface area contributed by atoms with Crippen molar-refractivity contribution in [2.24, 2.45) is 0 Å². The summed E-state index contributed by atoms with van der Waals surface area (Å²) >= 11 is 0. The van der Waals surface area contributed by atoms with Crippen molar-refractivity contribution in [1.29, 1.82) is 0 Å². The lowest BCUT2D eigenvalue weighted by Crippen LogP contribution is -2.35. The van der Waals surface area contributed by atoms with E-state index in [1.165, 1.54) is 10.4 Å². The van der Waals surface area contributed by atoms with E-state index in [9.17, 15) is 13.2 Å². The number of hydrogen-bond donors (Lipinski definition) is 1. The third-order valence-corrected chi connectivity index (χ3v) is 6.59. The number of piperidine rings is 1. The number of benzene rings is 1. The van der Waals surface area contributed by atoms with Crippen LogP contribution in [0.5, 0.6) is 5.75 Å². The zero-order valence-electron chi connectivity index (χ0n) is 16.2. The molecule has 1 aromatic heterocycles.